The van der Waals surface area contributed by atoms with E-state index in [0.717, 1.165) is 17.9 Å². The number of methoxy groups -OCH3 is 1. The van der Waals surface area contributed by atoms with Crippen LogP contribution in [0.1, 0.15) is 23.7 Å². The minimum atomic E-state index is -3.64. The molecule has 0 saturated carbocycles. The molecule has 0 spiro atoms. The number of rotatable bonds is 6. The van der Waals surface area contributed by atoms with Crippen LogP contribution in [0.15, 0.2) is 29.2 Å². The standard InChI is InChI=1S/C14H19NO4S2/c1-11(16)12-4-3-5-13(8-12)21(17,18)15-9-14(19-2)6-7-20-10-14/h3-5,8,15H,6-7,9-10H2,1-2H3/t14-/m0/s1. The first-order chi connectivity index (χ1) is 9.88. The minimum Gasteiger partial charge on any atom is -0.376 e. The number of ketones is 1. The third kappa shape index (κ3) is 3.85. The summed E-state index contributed by atoms with van der Waals surface area (Å²) in [5, 5.41) is 0. The summed E-state index contributed by atoms with van der Waals surface area (Å²) in [5.41, 5.74) is -0.0496. The molecule has 0 bridgehead atoms. The van der Waals surface area contributed by atoms with Crippen molar-refractivity contribution in [1.82, 2.24) is 4.72 Å². The van der Waals surface area contributed by atoms with Gasteiger partial charge < -0.3 is 4.74 Å². The Morgan fingerprint density at radius 3 is 2.81 bits per heavy atom. The van der Waals surface area contributed by atoms with Gasteiger partial charge >= 0.3 is 0 Å². The maximum absolute atomic E-state index is 12.3. The number of Topliss-reactive ketones (excluding diaryl/α,β-unsaturated/α-hetero) is 1. The molecule has 116 valence electrons. The molecule has 1 N–H and O–H groups in total. The van der Waals surface area contributed by atoms with Crippen LogP contribution in [0.3, 0.4) is 0 Å². The highest BCUT2D eigenvalue weighted by atomic mass is 32.2. The second-order valence-corrected chi connectivity index (χ2v) is 7.97. The molecule has 0 radical (unpaired) electrons. The molecule has 2 rings (SSSR count). The molecule has 1 fully saturated rings. The lowest BCUT2D eigenvalue weighted by Crippen LogP contribution is -2.44. The SMILES string of the molecule is CO[C@]1(CNS(=O)(=O)c2cccc(C(C)=O)c2)CCSC1. The zero-order valence-electron chi connectivity index (χ0n) is 12.1. The van der Waals surface area contributed by atoms with Crippen molar-refractivity contribution in [3.63, 3.8) is 0 Å². The number of nitrogens with one attached hydrogen (secondary N) is 1. The van der Waals surface area contributed by atoms with Crippen molar-refractivity contribution in [1.29, 1.82) is 0 Å². The summed E-state index contributed by atoms with van der Waals surface area (Å²) in [6, 6.07) is 6.06. The van der Waals surface area contributed by atoms with Crippen LogP contribution in [0.25, 0.3) is 0 Å². The number of hydrogen-bond acceptors (Lipinski definition) is 5. The molecule has 1 heterocycles. The van der Waals surface area contributed by atoms with E-state index in [1.165, 1.54) is 19.1 Å². The molecular formula is C14H19NO4S2. The Bertz CT molecular complexity index is 622. The Labute approximate surface area is 129 Å². The number of sulfonamides is 1. The quantitative estimate of drug-likeness (QED) is 0.804. The monoisotopic (exact) mass is 329 g/mol. The molecule has 0 aromatic heterocycles. The molecule has 1 aliphatic heterocycles. The van der Waals surface area contributed by atoms with Gasteiger partial charge in [0.25, 0.3) is 0 Å². The van der Waals surface area contributed by atoms with Crippen molar-refractivity contribution in [2.75, 3.05) is 25.2 Å². The molecule has 1 saturated heterocycles. The molecule has 1 aliphatic rings. The summed E-state index contributed by atoms with van der Waals surface area (Å²) in [6.07, 6.45) is 0.824. The van der Waals surface area contributed by atoms with Crippen LogP contribution in [-0.2, 0) is 14.8 Å². The summed E-state index contributed by atoms with van der Waals surface area (Å²) in [6.45, 7) is 1.65. The summed E-state index contributed by atoms with van der Waals surface area (Å²) in [5.74, 6) is 1.59. The van der Waals surface area contributed by atoms with Crippen LogP contribution in [-0.4, -0.2) is 45.0 Å². The lowest BCUT2D eigenvalue weighted by Gasteiger charge is -2.26. The summed E-state index contributed by atoms with van der Waals surface area (Å²) < 4.78 is 32.8. The van der Waals surface area contributed by atoms with E-state index >= 15 is 0 Å². The van der Waals surface area contributed by atoms with Gasteiger partial charge in [0.1, 0.15) is 0 Å². The van der Waals surface area contributed by atoms with Gasteiger partial charge in [-0.1, -0.05) is 12.1 Å². The van der Waals surface area contributed by atoms with Gasteiger partial charge in [-0.25, -0.2) is 13.1 Å². The van der Waals surface area contributed by atoms with Gasteiger partial charge in [0.2, 0.25) is 10.0 Å². The van der Waals surface area contributed by atoms with Gasteiger partial charge in [-0.05, 0) is 31.2 Å². The Hall–Kier alpha value is -0.890. The Morgan fingerprint density at radius 2 is 2.24 bits per heavy atom. The second kappa shape index (κ2) is 6.48. The predicted molar refractivity (Wildman–Crippen MR) is 83.3 cm³/mol. The third-order valence-electron chi connectivity index (χ3n) is 3.64. The summed E-state index contributed by atoms with van der Waals surface area (Å²) >= 11 is 1.75. The van der Waals surface area contributed by atoms with Crippen LogP contribution in [0.2, 0.25) is 0 Å². The topological polar surface area (TPSA) is 72.5 Å². The van der Waals surface area contributed by atoms with E-state index < -0.39 is 15.6 Å². The molecule has 0 unspecified atom stereocenters. The molecule has 21 heavy (non-hydrogen) atoms. The van der Waals surface area contributed by atoms with Gasteiger partial charge in [-0.15, -0.1) is 0 Å². The van der Waals surface area contributed by atoms with E-state index in [1.54, 1.807) is 31.0 Å². The minimum absolute atomic E-state index is 0.104. The van der Waals surface area contributed by atoms with Crippen molar-refractivity contribution in [3.8, 4) is 0 Å². The van der Waals surface area contributed by atoms with Crippen LogP contribution >= 0.6 is 11.8 Å². The summed E-state index contributed by atoms with van der Waals surface area (Å²) in [4.78, 5) is 11.5. The average molecular weight is 329 g/mol. The maximum Gasteiger partial charge on any atom is 0.240 e. The number of carbonyl (C=O) groups excluding carboxylic acids is 1. The van der Waals surface area contributed by atoms with Crippen LogP contribution in [0, 0.1) is 0 Å². The smallest absolute Gasteiger partial charge is 0.240 e. The van der Waals surface area contributed by atoms with Crippen molar-refractivity contribution >= 4 is 27.6 Å². The van der Waals surface area contributed by atoms with Gasteiger partial charge in [-0.2, -0.15) is 11.8 Å². The first kappa shape index (κ1) is 16.5. The Kier molecular flexibility index (Phi) is 5.08. The molecule has 1 aromatic carbocycles. The van der Waals surface area contributed by atoms with E-state index in [2.05, 4.69) is 4.72 Å². The fourth-order valence-corrected chi connectivity index (χ4v) is 4.71. The van der Waals surface area contributed by atoms with Crippen molar-refractivity contribution in [2.45, 2.75) is 23.8 Å². The number of benzene rings is 1. The molecule has 7 heteroatoms. The third-order valence-corrected chi connectivity index (χ3v) is 6.26. The van der Waals surface area contributed by atoms with Crippen molar-refractivity contribution < 1.29 is 17.9 Å². The largest absolute Gasteiger partial charge is 0.376 e. The number of thioether (sulfide) groups is 1. The van der Waals surface area contributed by atoms with E-state index in [4.69, 9.17) is 4.74 Å². The van der Waals surface area contributed by atoms with E-state index in [1.807, 2.05) is 0 Å². The molecular weight excluding hydrogens is 310 g/mol. The van der Waals surface area contributed by atoms with Crippen molar-refractivity contribution in [2.24, 2.45) is 0 Å². The normalized spacial score (nSPS) is 22.4. The number of carbonyl (C=O) groups is 1. The maximum atomic E-state index is 12.3. The van der Waals surface area contributed by atoms with Crippen molar-refractivity contribution in [3.05, 3.63) is 29.8 Å². The second-order valence-electron chi connectivity index (χ2n) is 5.10. The molecule has 1 aromatic rings. The predicted octanol–water partition coefficient (Wildman–Crippen LogP) is 1.69. The lowest BCUT2D eigenvalue weighted by molar-refractivity contribution is 0.0179. The first-order valence-electron chi connectivity index (χ1n) is 6.62. The zero-order chi connectivity index (χ0) is 15.5. The van der Waals surface area contributed by atoms with Gasteiger partial charge in [0, 0.05) is 25.0 Å². The highest BCUT2D eigenvalue weighted by Gasteiger charge is 2.35. The number of ether oxygens (including phenoxy) is 1. The van der Waals surface area contributed by atoms with E-state index in [-0.39, 0.29) is 17.2 Å². The van der Waals surface area contributed by atoms with Crippen LogP contribution in [0.5, 0.6) is 0 Å². The first-order valence-corrected chi connectivity index (χ1v) is 9.26. The van der Waals surface area contributed by atoms with Crippen LogP contribution < -0.4 is 4.72 Å². The Morgan fingerprint density at radius 1 is 1.48 bits per heavy atom. The molecule has 1 atom stereocenters. The molecule has 0 aliphatic carbocycles. The highest BCUT2D eigenvalue weighted by Crippen LogP contribution is 2.30. The van der Waals surface area contributed by atoms with Gasteiger partial charge in [0.05, 0.1) is 10.5 Å². The highest BCUT2D eigenvalue weighted by molar-refractivity contribution is 7.99. The van der Waals surface area contributed by atoms with Crippen LogP contribution in [0.4, 0.5) is 0 Å². The summed E-state index contributed by atoms with van der Waals surface area (Å²) in [7, 11) is -2.04. The fourth-order valence-electron chi connectivity index (χ4n) is 2.15. The molecule has 0 amide bonds. The molecule has 5 nitrogen and oxygen atoms in total. The van der Waals surface area contributed by atoms with E-state index in [0.29, 0.717) is 5.56 Å². The average Bonchev–Trinajstić information content (AvgIpc) is 2.95. The number of hydrogen-bond donors (Lipinski definition) is 1. The Balaban J connectivity index is 2.15. The van der Waals surface area contributed by atoms with E-state index in [9.17, 15) is 13.2 Å². The fraction of sp³-hybridized carbons (Fsp3) is 0.500. The van der Waals surface area contributed by atoms with Gasteiger partial charge in [-0.3, -0.25) is 4.79 Å². The lowest BCUT2D eigenvalue weighted by atomic mass is 10.0. The zero-order valence-corrected chi connectivity index (χ0v) is 13.7. The van der Waals surface area contributed by atoms with Gasteiger partial charge in [0.15, 0.2) is 5.78 Å².